The molecule has 0 spiro atoms. The van der Waals surface area contributed by atoms with E-state index < -0.39 is 5.54 Å². The van der Waals surface area contributed by atoms with Gasteiger partial charge in [0.25, 0.3) is 0 Å². The first-order valence-corrected chi connectivity index (χ1v) is 7.02. The van der Waals surface area contributed by atoms with E-state index in [0.717, 1.165) is 18.9 Å². The zero-order chi connectivity index (χ0) is 13.8. The molecule has 0 aromatic heterocycles. The van der Waals surface area contributed by atoms with Crippen LogP contribution in [0.4, 0.5) is 0 Å². The van der Waals surface area contributed by atoms with Crippen molar-refractivity contribution in [2.75, 3.05) is 6.61 Å². The molecular weight excluding hydrogens is 228 g/mol. The van der Waals surface area contributed by atoms with E-state index in [0.29, 0.717) is 6.42 Å². The van der Waals surface area contributed by atoms with Crippen molar-refractivity contribution in [3.8, 4) is 0 Å². The highest BCUT2D eigenvalue weighted by Crippen LogP contribution is 2.32. The maximum atomic E-state index is 11.6. The van der Waals surface area contributed by atoms with E-state index in [1.165, 1.54) is 12.8 Å². The van der Waals surface area contributed by atoms with Gasteiger partial charge in [0.2, 0.25) is 5.91 Å². The monoisotopic (exact) mass is 256 g/mol. The maximum Gasteiger partial charge on any atom is 0.237 e. The fourth-order valence-corrected chi connectivity index (χ4v) is 2.34. The lowest BCUT2D eigenvalue weighted by Gasteiger charge is -2.32. The molecule has 3 N–H and O–H groups in total. The van der Waals surface area contributed by atoms with Gasteiger partial charge in [0.1, 0.15) is 0 Å². The Bertz CT molecular complexity index is 277. The fourth-order valence-electron chi connectivity index (χ4n) is 2.34. The lowest BCUT2D eigenvalue weighted by molar-refractivity contribution is -0.125. The van der Waals surface area contributed by atoms with Crippen molar-refractivity contribution < 1.29 is 9.53 Å². The summed E-state index contributed by atoms with van der Waals surface area (Å²) in [5.74, 6) is 0.572. The maximum absolute atomic E-state index is 11.6. The Balaban J connectivity index is 2.35. The Morgan fingerprint density at radius 2 is 2.06 bits per heavy atom. The van der Waals surface area contributed by atoms with E-state index in [2.05, 4.69) is 5.32 Å². The van der Waals surface area contributed by atoms with Crippen LogP contribution < -0.4 is 11.1 Å². The first kappa shape index (κ1) is 15.4. The van der Waals surface area contributed by atoms with Crippen molar-refractivity contribution >= 4 is 5.91 Å². The molecule has 1 amide bonds. The smallest absolute Gasteiger partial charge is 0.237 e. The topological polar surface area (TPSA) is 64.3 Å². The molecule has 0 radical (unpaired) electrons. The minimum Gasteiger partial charge on any atom is -0.378 e. The molecule has 1 saturated carbocycles. The predicted molar refractivity (Wildman–Crippen MR) is 73.2 cm³/mol. The number of hydrogen-bond acceptors (Lipinski definition) is 3. The molecule has 0 aromatic carbocycles. The fraction of sp³-hybridized carbons (Fsp3) is 0.929. The second kappa shape index (κ2) is 6.53. The van der Waals surface area contributed by atoms with Gasteiger partial charge in [0, 0.05) is 19.1 Å². The molecule has 2 atom stereocenters. The van der Waals surface area contributed by atoms with Gasteiger partial charge in [0.15, 0.2) is 0 Å². The largest absolute Gasteiger partial charge is 0.378 e. The molecule has 1 fully saturated rings. The van der Waals surface area contributed by atoms with Gasteiger partial charge < -0.3 is 15.8 Å². The summed E-state index contributed by atoms with van der Waals surface area (Å²) < 4.78 is 5.77. The number of nitrogens with two attached hydrogens (primary N) is 1. The summed E-state index contributed by atoms with van der Waals surface area (Å²) in [6.07, 6.45) is 4.52. The number of rotatable bonds is 9. The van der Waals surface area contributed by atoms with Crippen molar-refractivity contribution in [3.05, 3.63) is 0 Å². The summed E-state index contributed by atoms with van der Waals surface area (Å²) in [5.41, 5.74) is 4.81. The average molecular weight is 256 g/mol. The molecule has 0 heterocycles. The summed E-state index contributed by atoms with van der Waals surface area (Å²) in [6, 6.07) is 0.223. The van der Waals surface area contributed by atoms with Crippen molar-refractivity contribution in [1.82, 2.24) is 5.32 Å². The summed E-state index contributed by atoms with van der Waals surface area (Å²) in [5, 5.41) is 3.24. The van der Waals surface area contributed by atoms with E-state index in [1.807, 2.05) is 27.7 Å². The molecule has 0 aromatic rings. The van der Waals surface area contributed by atoms with Gasteiger partial charge in [0.05, 0.1) is 11.6 Å². The van der Waals surface area contributed by atoms with Gasteiger partial charge in [-0.05, 0) is 40.0 Å². The molecule has 2 unspecified atom stereocenters. The van der Waals surface area contributed by atoms with Gasteiger partial charge in [-0.1, -0.05) is 12.8 Å². The number of primary amides is 1. The van der Waals surface area contributed by atoms with E-state index in [4.69, 9.17) is 10.5 Å². The quantitative estimate of drug-likeness (QED) is 0.661. The van der Waals surface area contributed by atoms with E-state index in [9.17, 15) is 4.79 Å². The van der Waals surface area contributed by atoms with Crippen LogP contribution in [0.1, 0.15) is 53.4 Å². The number of amides is 1. The van der Waals surface area contributed by atoms with E-state index in [1.54, 1.807) is 0 Å². The molecule has 0 saturated heterocycles. The number of nitrogens with one attached hydrogen (secondary N) is 1. The molecule has 1 rings (SSSR count). The lowest BCUT2D eigenvalue weighted by atomic mass is 9.93. The van der Waals surface area contributed by atoms with Crippen molar-refractivity contribution in [1.29, 1.82) is 0 Å². The number of carbonyl (C=O) groups excluding carboxylic acids is 1. The molecule has 18 heavy (non-hydrogen) atoms. The number of ether oxygens (including phenoxy) is 1. The Morgan fingerprint density at radius 3 is 2.50 bits per heavy atom. The van der Waals surface area contributed by atoms with E-state index >= 15 is 0 Å². The van der Waals surface area contributed by atoms with Gasteiger partial charge in [-0.2, -0.15) is 0 Å². The standard InChI is InChI=1S/C14H28N2O2/c1-10(2)16-14(4,13(15)17)9-11(3)18-8-7-12-5-6-12/h10-12,16H,5-9H2,1-4H3,(H2,15,17). The highest BCUT2D eigenvalue weighted by atomic mass is 16.5. The highest BCUT2D eigenvalue weighted by Gasteiger charge is 2.33. The van der Waals surface area contributed by atoms with Crippen molar-refractivity contribution in [3.63, 3.8) is 0 Å². The molecule has 0 bridgehead atoms. The molecule has 1 aliphatic carbocycles. The Hall–Kier alpha value is -0.610. The van der Waals surface area contributed by atoms with Crippen molar-refractivity contribution in [2.45, 2.75) is 71.1 Å². The van der Waals surface area contributed by atoms with Crippen LogP contribution in [-0.2, 0) is 9.53 Å². The summed E-state index contributed by atoms with van der Waals surface area (Å²) >= 11 is 0. The minimum atomic E-state index is -0.687. The van der Waals surface area contributed by atoms with Gasteiger partial charge in [-0.25, -0.2) is 0 Å². The molecule has 106 valence electrons. The van der Waals surface area contributed by atoms with Crippen LogP contribution in [-0.4, -0.2) is 30.2 Å². The number of carbonyl (C=O) groups is 1. The third kappa shape index (κ3) is 5.36. The molecule has 1 aliphatic rings. The van der Waals surface area contributed by atoms with Crippen LogP contribution in [0.5, 0.6) is 0 Å². The third-order valence-corrected chi connectivity index (χ3v) is 3.47. The van der Waals surface area contributed by atoms with Crippen LogP contribution in [0, 0.1) is 5.92 Å². The van der Waals surface area contributed by atoms with Crippen LogP contribution in [0.15, 0.2) is 0 Å². The summed E-state index contributed by atoms with van der Waals surface area (Å²) in [4.78, 5) is 11.6. The Labute approximate surface area is 111 Å². The van der Waals surface area contributed by atoms with Crippen LogP contribution in [0.25, 0.3) is 0 Å². The normalized spacial score (nSPS) is 20.7. The zero-order valence-corrected chi connectivity index (χ0v) is 12.2. The second-order valence-electron chi connectivity index (χ2n) is 6.11. The van der Waals surface area contributed by atoms with Crippen molar-refractivity contribution in [2.24, 2.45) is 11.7 Å². The average Bonchev–Trinajstić information content (AvgIpc) is 2.99. The SMILES string of the molecule is CC(C)NC(C)(CC(C)OCCC1CC1)C(N)=O. The van der Waals surface area contributed by atoms with Crippen LogP contribution in [0.3, 0.4) is 0 Å². The van der Waals surface area contributed by atoms with Crippen LogP contribution >= 0.6 is 0 Å². The predicted octanol–water partition coefficient (Wildman–Crippen LogP) is 1.82. The van der Waals surface area contributed by atoms with Gasteiger partial charge in [-0.3, -0.25) is 4.79 Å². The Kier molecular flexibility index (Phi) is 5.60. The third-order valence-electron chi connectivity index (χ3n) is 3.47. The first-order chi connectivity index (χ1) is 8.33. The first-order valence-electron chi connectivity index (χ1n) is 7.02. The highest BCUT2D eigenvalue weighted by molar-refractivity contribution is 5.84. The molecular formula is C14H28N2O2. The summed E-state index contributed by atoms with van der Waals surface area (Å²) in [6.45, 7) is 8.69. The van der Waals surface area contributed by atoms with Gasteiger partial charge >= 0.3 is 0 Å². The Morgan fingerprint density at radius 1 is 1.44 bits per heavy atom. The van der Waals surface area contributed by atoms with E-state index in [-0.39, 0.29) is 18.1 Å². The minimum absolute atomic E-state index is 0.0486. The lowest BCUT2D eigenvalue weighted by Crippen LogP contribution is -2.57. The molecule has 4 heteroatoms. The number of hydrogen-bond donors (Lipinski definition) is 2. The van der Waals surface area contributed by atoms with Crippen LogP contribution in [0.2, 0.25) is 0 Å². The summed E-state index contributed by atoms with van der Waals surface area (Å²) in [7, 11) is 0. The second-order valence-corrected chi connectivity index (χ2v) is 6.11. The van der Waals surface area contributed by atoms with Gasteiger partial charge in [-0.15, -0.1) is 0 Å². The zero-order valence-electron chi connectivity index (χ0n) is 12.2. The molecule has 0 aliphatic heterocycles. The molecule has 4 nitrogen and oxygen atoms in total.